The fourth-order valence-electron chi connectivity index (χ4n) is 2.68. The van der Waals surface area contributed by atoms with Gasteiger partial charge in [0.05, 0.1) is 18.9 Å². The Balaban J connectivity index is 2.04. The number of hydrogen-bond acceptors (Lipinski definition) is 6. The molecule has 23 heavy (non-hydrogen) atoms. The summed E-state index contributed by atoms with van der Waals surface area (Å²) in [6.07, 6.45) is 0. The fraction of sp³-hybridized carbons (Fsp3) is 0.412. The summed E-state index contributed by atoms with van der Waals surface area (Å²) in [5, 5.41) is 3.22. The number of nitrogens with one attached hydrogen (secondary N) is 1. The number of nitrogen functional groups attached to an aromatic ring is 1. The molecule has 122 valence electrons. The standard InChI is InChI=1S/C17H23N5O/c1-3-19-17-20-15(14-10-13(18)5-4-12(14)2)11-16(21-17)22-6-8-23-9-7-22/h4-5,10-11H,3,6-9,18H2,1-2H3,(H,19,20,21). The van der Waals surface area contributed by atoms with Crippen LogP contribution in [0.25, 0.3) is 11.3 Å². The van der Waals surface area contributed by atoms with Crippen LogP contribution in [0, 0.1) is 6.92 Å². The van der Waals surface area contributed by atoms with Gasteiger partial charge < -0.3 is 20.7 Å². The number of nitrogens with zero attached hydrogens (tertiary/aromatic N) is 3. The Labute approximate surface area is 136 Å². The number of nitrogens with two attached hydrogens (primary N) is 1. The molecule has 0 spiro atoms. The van der Waals surface area contributed by atoms with E-state index >= 15 is 0 Å². The van der Waals surface area contributed by atoms with Crippen LogP contribution in [0.2, 0.25) is 0 Å². The number of morpholine rings is 1. The summed E-state index contributed by atoms with van der Waals surface area (Å²) in [4.78, 5) is 11.5. The van der Waals surface area contributed by atoms with Gasteiger partial charge in [0, 0.05) is 37.0 Å². The largest absolute Gasteiger partial charge is 0.399 e. The zero-order valence-electron chi connectivity index (χ0n) is 13.7. The van der Waals surface area contributed by atoms with Gasteiger partial charge in [-0.2, -0.15) is 4.98 Å². The van der Waals surface area contributed by atoms with Crippen molar-refractivity contribution in [2.75, 3.05) is 48.8 Å². The molecule has 1 aromatic heterocycles. The average Bonchev–Trinajstić information content (AvgIpc) is 2.58. The van der Waals surface area contributed by atoms with E-state index in [1.807, 2.05) is 31.2 Å². The summed E-state index contributed by atoms with van der Waals surface area (Å²) in [5.74, 6) is 1.57. The Hall–Kier alpha value is -2.34. The van der Waals surface area contributed by atoms with Crippen LogP contribution in [0.3, 0.4) is 0 Å². The van der Waals surface area contributed by atoms with E-state index in [-0.39, 0.29) is 0 Å². The van der Waals surface area contributed by atoms with E-state index in [0.29, 0.717) is 5.95 Å². The van der Waals surface area contributed by atoms with Gasteiger partial charge in [0.25, 0.3) is 0 Å². The molecule has 2 aromatic rings. The van der Waals surface area contributed by atoms with E-state index < -0.39 is 0 Å². The van der Waals surface area contributed by atoms with Crippen molar-refractivity contribution in [2.24, 2.45) is 0 Å². The first-order valence-corrected chi connectivity index (χ1v) is 7.99. The second-order valence-electron chi connectivity index (χ2n) is 5.64. The number of rotatable bonds is 4. The lowest BCUT2D eigenvalue weighted by atomic mass is 10.0. The van der Waals surface area contributed by atoms with E-state index in [0.717, 1.165) is 61.2 Å². The van der Waals surface area contributed by atoms with Crippen molar-refractivity contribution in [3.05, 3.63) is 29.8 Å². The Morgan fingerprint density at radius 2 is 2.00 bits per heavy atom. The molecule has 0 bridgehead atoms. The van der Waals surface area contributed by atoms with E-state index in [1.165, 1.54) is 0 Å². The fourth-order valence-corrected chi connectivity index (χ4v) is 2.68. The first kappa shape index (κ1) is 15.6. The van der Waals surface area contributed by atoms with E-state index in [1.54, 1.807) is 0 Å². The van der Waals surface area contributed by atoms with Crippen molar-refractivity contribution >= 4 is 17.5 Å². The van der Waals surface area contributed by atoms with Crippen molar-refractivity contribution in [1.82, 2.24) is 9.97 Å². The molecule has 0 atom stereocenters. The predicted octanol–water partition coefficient (Wildman–Crippen LogP) is 2.30. The molecule has 1 fully saturated rings. The Bertz CT molecular complexity index is 683. The second kappa shape index (κ2) is 6.83. The number of ether oxygens (including phenoxy) is 1. The highest BCUT2D eigenvalue weighted by Crippen LogP contribution is 2.28. The first-order valence-electron chi connectivity index (χ1n) is 7.99. The Morgan fingerprint density at radius 3 is 2.74 bits per heavy atom. The molecule has 0 amide bonds. The lowest BCUT2D eigenvalue weighted by Gasteiger charge is -2.28. The molecule has 0 aliphatic carbocycles. The molecular weight excluding hydrogens is 290 g/mol. The first-order chi connectivity index (χ1) is 11.2. The molecule has 6 nitrogen and oxygen atoms in total. The molecule has 0 radical (unpaired) electrons. The van der Waals surface area contributed by atoms with Gasteiger partial charge in [-0.1, -0.05) is 6.07 Å². The number of anilines is 3. The van der Waals surface area contributed by atoms with Crippen molar-refractivity contribution in [3.8, 4) is 11.3 Å². The van der Waals surface area contributed by atoms with Gasteiger partial charge in [-0.25, -0.2) is 4.98 Å². The molecule has 1 aliphatic rings. The third kappa shape index (κ3) is 3.53. The SMILES string of the molecule is CCNc1nc(-c2cc(N)ccc2C)cc(N2CCOCC2)n1. The van der Waals surface area contributed by atoms with Crippen LogP contribution in [0.1, 0.15) is 12.5 Å². The average molecular weight is 313 g/mol. The minimum Gasteiger partial charge on any atom is -0.399 e. The van der Waals surface area contributed by atoms with E-state index in [2.05, 4.69) is 27.1 Å². The molecule has 0 unspecified atom stereocenters. The van der Waals surface area contributed by atoms with Gasteiger partial charge in [0.2, 0.25) is 5.95 Å². The molecule has 2 heterocycles. The summed E-state index contributed by atoms with van der Waals surface area (Å²) in [6.45, 7) is 8.03. The molecule has 3 N–H and O–H groups in total. The summed E-state index contributed by atoms with van der Waals surface area (Å²) in [5.41, 5.74) is 9.77. The highest BCUT2D eigenvalue weighted by atomic mass is 16.5. The molecule has 1 aliphatic heterocycles. The number of benzene rings is 1. The minimum atomic E-state index is 0.647. The van der Waals surface area contributed by atoms with Gasteiger partial charge in [-0.3, -0.25) is 0 Å². The third-order valence-corrected chi connectivity index (χ3v) is 3.92. The molecule has 3 rings (SSSR count). The van der Waals surface area contributed by atoms with Crippen LogP contribution in [0.4, 0.5) is 17.5 Å². The Morgan fingerprint density at radius 1 is 1.22 bits per heavy atom. The zero-order valence-corrected chi connectivity index (χ0v) is 13.7. The zero-order chi connectivity index (χ0) is 16.2. The van der Waals surface area contributed by atoms with Crippen LogP contribution in [-0.4, -0.2) is 42.8 Å². The maximum atomic E-state index is 5.96. The van der Waals surface area contributed by atoms with Crippen LogP contribution in [0.5, 0.6) is 0 Å². The lowest BCUT2D eigenvalue weighted by molar-refractivity contribution is 0.122. The molecule has 1 saturated heterocycles. The predicted molar refractivity (Wildman–Crippen MR) is 93.8 cm³/mol. The van der Waals surface area contributed by atoms with Crippen molar-refractivity contribution in [1.29, 1.82) is 0 Å². The highest BCUT2D eigenvalue weighted by molar-refractivity contribution is 5.71. The van der Waals surface area contributed by atoms with Crippen molar-refractivity contribution in [3.63, 3.8) is 0 Å². The summed E-state index contributed by atoms with van der Waals surface area (Å²) in [7, 11) is 0. The van der Waals surface area contributed by atoms with Gasteiger partial charge in [0.15, 0.2) is 0 Å². The monoisotopic (exact) mass is 313 g/mol. The highest BCUT2D eigenvalue weighted by Gasteiger charge is 2.16. The van der Waals surface area contributed by atoms with Crippen LogP contribution < -0.4 is 16.0 Å². The molecular formula is C17H23N5O. The number of hydrogen-bond donors (Lipinski definition) is 2. The number of aryl methyl sites for hydroxylation is 1. The van der Waals surface area contributed by atoms with Crippen LogP contribution in [-0.2, 0) is 4.74 Å². The second-order valence-corrected chi connectivity index (χ2v) is 5.64. The third-order valence-electron chi connectivity index (χ3n) is 3.92. The lowest BCUT2D eigenvalue weighted by Crippen LogP contribution is -2.37. The molecule has 6 heteroatoms. The molecule has 1 aromatic carbocycles. The molecule has 0 saturated carbocycles. The van der Waals surface area contributed by atoms with E-state index in [4.69, 9.17) is 10.5 Å². The maximum absolute atomic E-state index is 5.96. The van der Waals surface area contributed by atoms with Crippen molar-refractivity contribution in [2.45, 2.75) is 13.8 Å². The van der Waals surface area contributed by atoms with Crippen molar-refractivity contribution < 1.29 is 4.74 Å². The smallest absolute Gasteiger partial charge is 0.225 e. The van der Waals surface area contributed by atoms with Gasteiger partial charge >= 0.3 is 0 Å². The summed E-state index contributed by atoms with van der Waals surface area (Å²) >= 11 is 0. The number of aromatic nitrogens is 2. The topological polar surface area (TPSA) is 76.3 Å². The maximum Gasteiger partial charge on any atom is 0.225 e. The van der Waals surface area contributed by atoms with Crippen LogP contribution in [0.15, 0.2) is 24.3 Å². The minimum absolute atomic E-state index is 0.647. The van der Waals surface area contributed by atoms with Gasteiger partial charge in [-0.05, 0) is 31.5 Å². The summed E-state index contributed by atoms with van der Waals surface area (Å²) < 4.78 is 5.43. The Kier molecular flexibility index (Phi) is 4.62. The van der Waals surface area contributed by atoms with Crippen LogP contribution >= 0.6 is 0 Å². The normalized spacial score (nSPS) is 14.8. The summed E-state index contributed by atoms with van der Waals surface area (Å²) in [6, 6.07) is 7.94. The van der Waals surface area contributed by atoms with E-state index in [9.17, 15) is 0 Å². The van der Waals surface area contributed by atoms with Gasteiger partial charge in [-0.15, -0.1) is 0 Å². The van der Waals surface area contributed by atoms with Gasteiger partial charge in [0.1, 0.15) is 5.82 Å². The quantitative estimate of drug-likeness (QED) is 0.844.